The average molecular weight is 492 g/mol. The van der Waals surface area contributed by atoms with Crippen LogP contribution in [0.4, 0.5) is 0 Å². The highest BCUT2D eigenvalue weighted by Gasteiger charge is 2.25. The zero-order valence-corrected chi connectivity index (χ0v) is 18.7. The smallest absolute Gasteiger partial charge is 0.234 e. The molecule has 0 atom stereocenters. The van der Waals surface area contributed by atoms with E-state index < -0.39 is 0 Å². The third-order valence-corrected chi connectivity index (χ3v) is 5.25. The minimum Gasteiger partial charge on any atom is -0.357 e. The van der Waals surface area contributed by atoms with Gasteiger partial charge in [0.1, 0.15) is 5.01 Å². The minimum absolute atomic E-state index is 0. The van der Waals surface area contributed by atoms with Gasteiger partial charge in [0, 0.05) is 49.8 Å². The molecule has 1 amide bonds. The van der Waals surface area contributed by atoms with Gasteiger partial charge in [-0.1, -0.05) is 0 Å². The van der Waals surface area contributed by atoms with Gasteiger partial charge in [-0.3, -0.25) is 9.69 Å². The van der Waals surface area contributed by atoms with Gasteiger partial charge in [-0.15, -0.1) is 35.3 Å². The zero-order valence-electron chi connectivity index (χ0n) is 15.5. The molecule has 146 valence electrons. The summed E-state index contributed by atoms with van der Waals surface area (Å²) >= 11 is 1.69. The normalized spacial score (nSPS) is 18.4. The molecule has 2 aliphatic rings. The minimum atomic E-state index is 0. The maximum Gasteiger partial charge on any atom is 0.234 e. The Bertz CT molecular complexity index is 610. The van der Waals surface area contributed by atoms with Crippen LogP contribution in [-0.4, -0.2) is 72.0 Å². The number of guanidine groups is 1. The fourth-order valence-electron chi connectivity index (χ4n) is 2.86. The molecular formula is C17H29IN6OS. The number of aliphatic imine (C=N–C) groups is 1. The monoisotopic (exact) mass is 492 g/mol. The van der Waals surface area contributed by atoms with Crippen LogP contribution in [0.15, 0.2) is 11.2 Å². The highest BCUT2D eigenvalue weighted by atomic mass is 127. The summed E-state index contributed by atoms with van der Waals surface area (Å²) in [4.78, 5) is 26.8. The van der Waals surface area contributed by atoms with Crippen LogP contribution in [0.25, 0.3) is 0 Å². The van der Waals surface area contributed by atoms with E-state index in [4.69, 9.17) is 4.99 Å². The van der Waals surface area contributed by atoms with E-state index >= 15 is 0 Å². The molecule has 9 heteroatoms. The Labute approximate surface area is 176 Å². The van der Waals surface area contributed by atoms with Crippen molar-refractivity contribution in [3.8, 4) is 0 Å². The number of hydrogen-bond donors (Lipinski definition) is 2. The van der Waals surface area contributed by atoms with Crippen molar-refractivity contribution in [3.63, 3.8) is 0 Å². The summed E-state index contributed by atoms with van der Waals surface area (Å²) < 4.78 is 0. The lowest BCUT2D eigenvalue weighted by Gasteiger charge is -2.36. The van der Waals surface area contributed by atoms with Crippen LogP contribution in [0.2, 0.25) is 0 Å². The lowest BCUT2D eigenvalue weighted by molar-refractivity contribution is -0.122. The first-order valence-electron chi connectivity index (χ1n) is 9.10. The molecule has 0 unspecified atom stereocenters. The zero-order chi connectivity index (χ0) is 17.6. The molecule has 3 rings (SSSR count). The second kappa shape index (κ2) is 10.4. The second-order valence-electron chi connectivity index (χ2n) is 6.64. The van der Waals surface area contributed by atoms with E-state index in [0.717, 1.165) is 56.5 Å². The molecule has 2 N–H and O–H groups in total. The van der Waals surface area contributed by atoms with E-state index in [9.17, 15) is 4.79 Å². The first-order chi connectivity index (χ1) is 12.1. The maximum absolute atomic E-state index is 11.9. The van der Waals surface area contributed by atoms with Crippen molar-refractivity contribution in [1.29, 1.82) is 0 Å². The number of carbonyl (C=O) groups excluding carboxylic acids is 1. The van der Waals surface area contributed by atoms with Crippen molar-refractivity contribution >= 4 is 47.2 Å². The lowest BCUT2D eigenvalue weighted by Crippen LogP contribution is -2.54. The van der Waals surface area contributed by atoms with Crippen LogP contribution in [0.3, 0.4) is 0 Å². The van der Waals surface area contributed by atoms with Gasteiger partial charge in [-0.05, 0) is 26.7 Å². The van der Waals surface area contributed by atoms with Crippen molar-refractivity contribution in [1.82, 2.24) is 25.4 Å². The summed E-state index contributed by atoms with van der Waals surface area (Å²) in [6.07, 6.45) is 4.18. The molecule has 26 heavy (non-hydrogen) atoms. The Hall–Kier alpha value is -0.940. The Kier molecular flexibility index (Phi) is 8.55. The SMILES string of the molecule is CCNC(=NCc1ncc(C)s1)N1CCN(CC(=O)NC2CC2)CC1.I. The van der Waals surface area contributed by atoms with E-state index in [1.54, 1.807) is 11.3 Å². The molecule has 1 aliphatic carbocycles. The fraction of sp³-hybridized carbons (Fsp3) is 0.706. The van der Waals surface area contributed by atoms with Crippen LogP contribution in [0, 0.1) is 6.92 Å². The molecule has 2 fully saturated rings. The Morgan fingerprint density at radius 2 is 2.08 bits per heavy atom. The Morgan fingerprint density at radius 3 is 2.65 bits per heavy atom. The van der Waals surface area contributed by atoms with Gasteiger partial charge in [0.2, 0.25) is 5.91 Å². The van der Waals surface area contributed by atoms with E-state index in [1.807, 2.05) is 6.20 Å². The number of nitrogens with one attached hydrogen (secondary N) is 2. The fourth-order valence-corrected chi connectivity index (χ4v) is 3.58. The lowest BCUT2D eigenvalue weighted by atomic mass is 10.3. The summed E-state index contributed by atoms with van der Waals surface area (Å²) in [6, 6.07) is 0.441. The number of piperazine rings is 1. The summed E-state index contributed by atoms with van der Waals surface area (Å²) in [6.45, 7) is 9.67. The number of amides is 1. The number of rotatable bonds is 6. The van der Waals surface area contributed by atoms with E-state index in [1.165, 1.54) is 4.88 Å². The van der Waals surface area contributed by atoms with E-state index in [0.29, 0.717) is 19.1 Å². The Balaban J connectivity index is 0.00000243. The molecule has 1 aliphatic heterocycles. The molecular weight excluding hydrogens is 463 g/mol. The molecule has 0 aromatic carbocycles. The number of nitrogens with zero attached hydrogens (tertiary/aromatic N) is 4. The predicted molar refractivity (Wildman–Crippen MR) is 116 cm³/mol. The number of thiazole rings is 1. The van der Waals surface area contributed by atoms with E-state index in [2.05, 4.69) is 39.3 Å². The van der Waals surface area contributed by atoms with Crippen LogP contribution in [0.1, 0.15) is 29.7 Å². The van der Waals surface area contributed by atoms with Gasteiger partial charge in [-0.25, -0.2) is 9.98 Å². The quantitative estimate of drug-likeness (QED) is 0.357. The third kappa shape index (κ3) is 6.66. The molecule has 1 aromatic rings. The van der Waals surface area contributed by atoms with Gasteiger partial charge < -0.3 is 15.5 Å². The molecule has 1 saturated heterocycles. The highest BCUT2D eigenvalue weighted by molar-refractivity contribution is 14.0. The molecule has 1 aromatic heterocycles. The number of aryl methyl sites for hydroxylation is 1. The van der Waals surface area contributed by atoms with Crippen LogP contribution >= 0.6 is 35.3 Å². The Morgan fingerprint density at radius 1 is 1.35 bits per heavy atom. The summed E-state index contributed by atoms with van der Waals surface area (Å²) in [5.74, 6) is 1.10. The van der Waals surface area contributed by atoms with Crippen LogP contribution in [-0.2, 0) is 11.3 Å². The van der Waals surface area contributed by atoms with Crippen LogP contribution in [0.5, 0.6) is 0 Å². The van der Waals surface area contributed by atoms with Crippen LogP contribution < -0.4 is 10.6 Å². The standard InChI is InChI=1S/C17H28N6OS.HI/c1-3-18-17(20-11-16-19-10-13(2)25-16)23-8-6-22(7-9-23)12-15(24)21-14-4-5-14;/h10,14H,3-9,11-12H2,1-2H3,(H,18,20)(H,21,24);1H. The van der Waals surface area contributed by atoms with Crippen molar-refractivity contribution in [3.05, 3.63) is 16.1 Å². The van der Waals surface area contributed by atoms with Gasteiger partial charge in [-0.2, -0.15) is 0 Å². The molecule has 1 saturated carbocycles. The molecule has 0 radical (unpaired) electrons. The first-order valence-corrected chi connectivity index (χ1v) is 9.92. The van der Waals surface area contributed by atoms with Crippen molar-refractivity contribution in [2.45, 2.75) is 39.3 Å². The topological polar surface area (TPSA) is 72.9 Å². The third-order valence-electron chi connectivity index (χ3n) is 4.35. The number of aromatic nitrogens is 1. The molecule has 7 nitrogen and oxygen atoms in total. The molecule has 2 heterocycles. The van der Waals surface area contributed by atoms with Gasteiger partial charge >= 0.3 is 0 Å². The van der Waals surface area contributed by atoms with Crippen molar-refractivity contribution in [2.24, 2.45) is 4.99 Å². The van der Waals surface area contributed by atoms with Crippen molar-refractivity contribution < 1.29 is 4.79 Å². The number of carbonyl (C=O) groups is 1. The molecule has 0 spiro atoms. The summed E-state index contributed by atoms with van der Waals surface area (Å²) in [5.41, 5.74) is 0. The first kappa shape index (κ1) is 21.4. The second-order valence-corrected chi connectivity index (χ2v) is 7.96. The van der Waals surface area contributed by atoms with Gasteiger partial charge in [0.15, 0.2) is 5.96 Å². The maximum atomic E-state index is 11.9. The average Bonchev–Trinajstić information content (AvgIpc) is 3.31. The highest BCUT2D eigenvalue weighted by Crippen LogP contribution is 2.18. The predicted octanol–water partition coefficient (Wildman–Crippen LogP) is 1.43. The van der Waals surface area contributed by atoms with Gasteiger partial charge in [0.05, 0.1) is 13.1 Å². The van der Waals surface area contributed by atoms with Gasteiger partial charge in [0.25, 0.3) is 0 Å². The largest absolute Gasteiger partial charge is 0.357 e. The number of halogens is 1. The number of hydrogen-bond acceptors (Lipinski definition) is 5. The summed E-state index contributed by atoms with van der Waals surface area (Å²) in [5, 5.41) is 7.48. The molecule has 0 bridgehead atoms. The summed E-state index contributed by atoms with van der Waals surface area (Å²) in [7, 11) is 0. The van der Waals surface area contributed by atoms with E-state index in [-0.39, 0.29) is 29.9 Å². The van der Waals surface area contributed by atoms with Crippen molar-refractivity contribution in [2.75, 3.05) is 39.3 Å².